The van der Waals surface area contributed by atoms with Gasteiger partial charge in [0.05, 0.1) is 6.10 Å². The summed E-state index contributed by atoms with van der Waals surface area (Å²) in [6.45, 7) is 2.03. The molecule has 0 amide bonds. The minimum Gasteiger partial charge on any atom is -0.481 e. The minimum atomic E-state index is -1.21. The Morgan fingerprint density at radius 1 is 1.21 bits per heavy atom. The van der Waals surface area contributed by atoms with E-state index in [2.05, 4.69) is 4.90 Å². The number of benzene rings is 1. The second-order valence-electron chi connectivity index (χ2n) is 7.45. The van der Waals surface area contributed by atoms with E-state index in [4.69, 9.17) is 0 Å². The number of likely N-dealkylation sites (tertiary alicyclic amines) is 1. The van der Waals surface area contributed by atoms with Gasteiger partial charge in [-0.2, -0.15) is 0 Å². The van der Waals surface area contributed by atoms with Crippen LogP contribution in [0, 0.1) is 17.2 Å². The number of halogens is 1. The molecule has 0 spiro atoms. The molecule has 2 fully saturated rings. The summed E-state index contributed by atoms with van der Waals surface area (Å²) in [7, 11) is 0. The normalized spacial score (nSPS) is 29.0. The largest absolute Gasteiger partial charge is 0.481 e. The number of carboxylic acids is 1. The Hall–Kier alpha value is -1.46. The van der Waals surface area contributed by atoms with E-state index in [1.54, 1.807) is 12.1 Å². The number of piperidine rings is 1. The summed E-state index contributed by atoms with van der Waals surface area (Å²) in [5.41, 5.74) is -0.463. The second kappa shape index (κ2) is 7.19. The number of hydrogen-bond acceptors (Lipinski definition) is 3. The standard InChI is InChI=1S/C19H26FNO3/c20-16-7-5-14(6-8-16)11-19(18(23)24)13-21(10-9-17(19)22)12-15-3-1-2-4-15/h5-8,15,17,22H,1-4,9-13H2,(H,23,24)/t17-,19-/m1/s1. The Morgan fingerprint density at radius 2 is 1.88 bits per heavy atom. The lowest BCUT2D eigenvalue weighted by Crippen LogP contribution is -2.57. The number of hydrogen-bond donors (Lipinski definition) is 2. The van der Waals surface area contributed by atoms with Crippen molar-refractivity contribution in [3.05, 3.63) is 35.6 Å². The van der Waals surface area contributed by atoms with Gasteiger partial charge in [-0.1, -0.05) is 25.0 Å². The average molecular weight is 335 g/mol. The number of nitrogens with zero attached hydrogens (tertiary/aromatic N) is 1. The molecule has 0 radical (unpaired) electrons. The van der Waals surface area contributed by atoms with Crippen molar-refractivity contribution in [2.45, 2.75) is 44.6 Å². The first-order valence-electron chi connectivity index (χ1n) is 8.88. The lowest BCUT2D eigenvalue weighted by Gasteiger charge is -2.44. The summed E-state index contributed by atoms with van der Waals surface area (Å²) in [6.07, 6.45) is 4.79. The van der Waals surface area contributed by atoms with Crippen LogP contribution in [0.1, 0.15) is 37.7 Å². The van der Waals surface area contributed by atoms with E-state index >= 15 is 0 Å². The zero-order valence-electron chi connectivity index (χ0n) is 14.0. The summed E-state index contributed by atoms with van der Waals surface area (Å²) in [4.78, 5) is 14.3. The van der Waals surface area contributed by atoms with Crippen LogP contribution in [0.15, 0.2) is 24.3 Å². The maximum absolute atomic E-state index is 13.1. The molecule has 1 aliphatic carbocycles. The van der Waals surface area contributed by atoms with Crippen molar-refractivity contribution >= 4 is 5.97 Å². The Bertz CT molecular complexity index is 570. The first-order valence-corrected chi connectivity index (χ1v) is 8.88. The fraction of sp³-hybridized carbons (Fsp3) is 0.632. The van der Waals surface area contributed by atoms with Crippen molar-refractivity contribution < 1.29 is 19.4 Å². The SMILES string of the molecule is O=C(O)[C@]1(Cc2ccc(F)cc2)CN(CC2CCCC2)CC[C@H]1O. The van der Waals surface area contributed by atoms with Gasteiger partial charge in [0.2, 0.25) is 0 Å². The first kappa shape index (κ1) is 17.4. The zero-order chi connectivity index (χ0) is 17.2. The molecule has 1 aromatic rings. The summed E-state index contributed by atoms with van der Waals surface area (Å²) in [6, 6.07) is 5.91. The summed E-state index contributed by atoms with van der Waals surface area (Å²) in [5.74, 6) is -0.650. The first-order chi connectivity index (χ1) is 11.5. The fourth-order valence-electron chi connectivity index (χ4n) is 4.30. The Morgan fingerprint density at radius 3 is 2.50 bits per heavy atom. The molecular formula is C19H26FNO3. The van der Waals surface area contributed by atoms with Crippen LogP contribution in [-0.2, 0) is 11.2 Å². The minimum absolute atomic E-state index is 0.227. The van der Waals surface area contributed by atoms with Crippen LogP contribution in [-0.4, -0.2) is 46.8 Å². The molecule has 2 atom stereocenters. The molecule has 1 aliphatic heterocycles. The number of rotatable bonds is 5. The number of aliphatic hydroxyl groups excluding tert-OH is 1. The predicted octanol–water partition coefficient (Wildman–Crippen LogP) is 2.70. The lowest BCUT2D eigenvalue weighted by atomic mass is 9.72. The highest BCUT2D eigenvalue weighted by molar-refractivity contribution is 5.76. The molecule has 132 valence electrons. The van der Waals surface area contributed by atoms with Gasteiger partial charge in [-0.05, 0) is 49.3 Å². The van der Waals surface area contributed by atoms with Gasteiger partial charge < -0.3 is 15.1 Å². The Kier molecular flexibility index (Phi) is 5.21. The van der Waals surface area contributed by atoms with E-state index in [1.165, 1.54) is 37.8 Å². The maximum atomic E-state index is 13.1. The van der Waals surface area contributed by atoms with Crippen molar-refractivity contribution in [2.24, 2.45) is 11.3 Å². The van der Waals surface area contributed by atoms with Gasteiger partial charge in [0.1, 0.15) is 11.2 Å². The van der Waals surface area contributed by atoms with Crippen LogP contribution < -0.4 is 0 Å². The summed E-state index contributed by atoms with van der Waals surface area (Å²) < 4.78 is 13.1. The quantitative estimate of drug-likeness (QED) is 0.868. The topological polar surface area (TPSA) is 60.8 Å². The molecular weight excluding hydrogens is 309 g/mol. The van der Waals surface area contributed by atoms with Crippen LogP contribution in [0.2, 0.25) is 0 Å². The van der Waals surface area contributed by atoms with Gasteiger partial charge in [-0.25, -0.2) is 4.39 Å². The van der Waals surface area contributed by atoms with Crippen molar-refractivity contribution in [1.82, 2.24) is 4.90 Å². The number of carbonyl (C=O) groups is 1. The third-order valence-electron chi connectivity index (χ3n) is 5.71. The van der Waals surface area contributed by atoms with Gasteiger partial charge in [0.15, 0.2) is 0 Å². The Balaban J connectivity index is 1.77. The molecule has 2 N–H and O–H groups in total. The summed E-state index contributed by atoms with van der Waals surface area (Å²) >= 11 is 0. The van der Waals surface area contributed by atoms with Gasteiger partial charge in [-0.15, -0.1) is 0 Å². The van der Waals surface area contributed by atoms with Gasteiger partial charge in [-0.3, -0.25) is 4.79 Å². The van der Waals surface area contributed by atoms with Crippen LogP contribution in [0.3, 0.4) is 0 Å². The molecule has 24 heavy (non-hydrogen) atoms. The van der Waals surface area contributed by atoms with E-state index in [-0.39, 0.29) is 12.2 Å². The van der Waals surface area contributed by atoms with Crippen molar-refractivity contribution in [2.75, 3.05) is 19.6 Å². The zero-order valence-corrected chi connectivity index (χ0v) is 14.0. The molecule has 1 saturated carbocycles. The van der Waals surface area contributed by atoms with Crippen molar-refractivity contribution in [3.63, 3.8) is 0 Å². The summed E-state index contributed by atoms with van der Waals surface area (Å²) in [5, 5.41) is 20.4. The van der Waals surface area contributed by atoms with Crippen LogP contribution >= 0.6 is 0 Å². The lowest BCUT2D eigenvalue weighted by molar-refractivity contribution is -0.163. The molecule has 0 aromatic heterocycles. The molecule has 1 aromatic carbocycles. The average Bonchev–Trinajstić information content (AvgIpc) is 3.05. The highest BCUT2D eigenvalue weighted by atomic mass is 19.1. The molecule has 1 heterocycles. The van der Waals surface area contributed by atoms with E-state index in [1.807, 2.05) is 0 Å². The third kappa shape index (κ3) is 3.62. The van der Waals surface area contributed by atoms with Crippen molar-refractivity contribution in [3.8, 4) is 0 Å². The second-order valence-corrected chi connectivity index (χ2v) is 7.45. The molecule has 1 saturated heterocycles. The fourth-order valence-corrected chi connectivity index (χ4v) is 4.30. The molecule has 2 aliphatic rings. The van der Waals surface area contributed by atoms with Crippen LogP contribution in [0.4, 0.5) is 4.39 Å². The predicted molar refractivity (Wildman–Crippen MR) is 89.2 cm³/mol. The molecule has 0 bridgehead atoms. The number of carboxylic acid groups (broad SMARTS) is 1. The van der Waals surface area contributed by atoms with E-state index in [0.29, 0.717) is 18.9 Å². The van der Waals surface area contributed by atoms with Gasteiger partial charge in [0.25, 0.3) is 0 Å². The maximum Gasteiger partial charge on any atom is 0.313 e. The molecule has 0 unspecified atom stereocenters. The van der Waals surface area contributed by atoms with E-state index in [0.717, 1.165) is 18.7 Å². The highest BCUT2D eigenvalue weighted by Crippen LogP contribution is 2.36. The molecule has 4 nitrogen and oxygen atoms in total. The smallest absolute Gasteiger partial charge is 0.313 e. The van der Waals surface area contributed by atoms with Gasteiger partial charge >= 0.3 is 5.97 Å². The van der Waals surface area contributed by atoms with Crippen LogP contribution in [0.5, 0.6) is 0 Å². The van der Waals surface area contributed by atoms with Crippen molar-refractivity contribution in [1.29, 1.82) is 0 Å². The third-order valence-corrected chi connectivity index (χ3v) is 5.71. The van der Waals surface area contributed by atoms with E-state index < -0.39 is 17.5 Å². The monoisotopic (exact) mass is 335 g/mol. The van der Waals surface area contributed by atoms with Gasteiger partial charge in [0, 0.05) is 19.6 Å². The molecule has 5 heteroatoms. The Labute approximate surface area is 142 Å². The molecule has 3 rings (SSSR count). The van der Waals surface area contributed by atoms with Crippen LogP contribution in [0.25, 0.3) is 0 Å². The highest BCUT2D eigenvalue weighted by Gasteiger charge is 2.49. The number of aliphatic carboxylic acids is 1. The number of aliphatic hydroxyl groups is 1. The van der Waals surface area contributed by atoms with E-state index in [9.17, 15) is 19.4 Å².